The van der Waals surface area contributed by atoms with Gasteiger partial charge in [-0.15, -0.1) is 0 Å². The van der Waals surface area contributed by atoms with Gasteiger partial charge in [0, 0.05) is 31.1 Å². The summed E-state index contributed by atoms with van der Waals surface area (Å²) >= 11 is 0. The minimum atomic E-state index is -3.10. The van der Waals surface area contributed by atoms with Gasteiger partial charge in [0.1, 0.15) is 11.7 Å². The third kappa shape index (κ3) is 4.00. The number of amides is 3. The molecule has 0 saturated carbocycles. The molecule has 30 heavy (non-hydrogen) atoms. The van der Waals surface area contributed by atoms with Crippen LogP contribution >= 0.6 is 0 Å². The molecule has 3 aliphatic rings. The molecule has 0 aliphatic carbocycles. The molecule has 3 heterocycles. The molecule has 3 atom stereocenters. The van der Waals surface area contributed by atoms with Gasteiger partial charge < -0.3 is 20.9 Å². The SMILES string of the molecule is C[C@@H](C(=O)N[C@@H]1CCS(=O)(=O)C1)N1CC[C@]2(CCC1=O)NC(=O)c1ccccc1N2. The Balaban J connectivity index is 1.44. The van der Waals surface area contributed by atoms with Crippen LogP contribution in [-0.4, -0.2) is 66.8 Å². The van der Waals surface area contributed by atoms with E-state index in [2.05, 4.69) is 16.0 Å². The Morgan fingerprint density at radius 2 is 2.00 bits per heavy atom. The van der Waals surface area contributed by atoms with Crippen molar-refractivity contribution in [1.82, 2.24) is 15.5 Å². The molecule has 1 aromatic carbocycles. The van der Waals surface area contributed by atoms with E-state index in [1.54, 1.807) is 19.1 Å². The quantitative estimate of drug-likeness (QED) is 0.626. The van der Waals surface area contributed by atoms with E-state index in [4.69, 9.17) is 0 Å². The van der Waals surface area contributed by atoms with Gasteiger partial charge in [-0.05, 0) is 31.9 Å². The number of nitrogens with one attached hydrogen (secondary N) is 3. The van der Waals surface area contributed by atoms with Crippen LogP contribution in [0.15, 0.2) is 24.3 Å². The minimum absolute atomic E-state index is 0.0577. The Labute approximate surface area is 175 Å². The number of anilines is 1. The first kappa shape index (κ1) is 20.6. The number of fused-ring (bicyclic) bond motifs is 1. The van der Waals surface area contributed by atoms with Gasteiger partial charge in [0.05, 0.1) is 17.1 Å². The number of sulfone groups is 1. The van der Waals surface area contributed by atoms with Gasteiger partial charge in [0.25, 0.3) is 5.91 Å². The van der Waals surface area contributed by atoms with E-state index in [-0.39, 0.29) is 35.6 Å². The second-order valence-electron chi connectivity index (χ2n) is 8.33. The molecule has 0 unspecified atom stereocenters. The molecular weight excluding hydrogens is 408 g/mol. The third-order valence-electron chi connectivity index (χ3n) is 6.19. The van der Waals surface area contributed by atoms with Gasteiger partial charge in [0.2, 0.25) is 11.8 Å². The maximum Gasteiger partial charge on any atom is 0.255 e. The summed E-state index contributed by atoms with van der Waals surface area (Å²) in [6, 6.07) is 6.10. The van der Waals surface area contributed by atoms with E-state index in [0.29, 0.717) is 31.4 Å². The van der Waals surface area contributed by atoms with Gasteiger partial charge in [-0.25, -0.2) is 8.42 Å². The molecule has 3 N–H and O–H groups in total. The largest absolute Gasteiger partial charge is 0.362 e. The van der Waals surface area contributed by atoms with E-state index in [1.807, 2.05) is 12.1 Å². The molecule has 1 aromatic rings. The standard InChI is InChI=1S/C20H26N4O5S/c1-13(18(26)21-14-7-11-30(28,29)12-14)24-10-9-20(8-6-17(24)25)22-16-5-3-2-4-15(16)19(27)23-20/h2-5,13-14,22H,6-12H2,1H3,(H,21,26)(H,23,27)/t13-,14+,20-/m0/s1. The molecule has 3 amide bonds. The zero-order valence-corrected chi connectivity index (χ0v) is 17.6. The lowest BCUT2D eigenvalue weighted by Crippen LogP contribution is -2.58. The number of hydrogen-bond donors (Lipinski definition) is 3. The average Bonchev–Trinajstić information content (AvgIpc) is 2.96. The summed E-state index contributed by atoms with van der Waals surface area (Å²) in [5.41, 5.74) is 0.552. The number of para-hydroxylation sites is 1. The van der Waals surface area contributed by atoms with E-state index in [9.17, 15) is 22.8 Å². The molecule has 1 spiro atoms. The summed E-state index contributed by atoms with van der Waals surface area (Å²) in [4.78, 5) is 39.5. The number of hydrogen-bond acceptors (Lipinski definition) is 6. The van der Waals surface area contributed by atoms with Crippen molar-refractivity contribution in [3.63, 3.8) is 0 Å². The van der Waals surface area contributed by atoms with Crippen molar-refractivity contribution >= 4 is 33.2 Å². The highest BCUT2D eigenvalue weighted by atomic mass is 32.2. The molecule has 2 saturated heterocycles. The van der Waals surface area contributed by atoms with E-state index in [1.165, 1.54) is 4.90 Å². The summed E-state index contributed by atoms with van der Waals surface area (Å²) in [6.07, 6.45) is 1.45. The van der Waals surface area contributed by atoms with Gasteiger partial charge in [0.15, 0.2) is 9.84 Å². The first-order valence-electron chi connectivity index (χ1n) is 10.2. The van der Waals surface area contributed by atoms with Gasteiger partial charge in [-0.3, -0.25) is 14.4 Å². The number of likely N-dealkylation sites (tertiary alicyclic amines) is 1. The van der Waals surface area contributed by atoms with Crippen LogP contribution in [0.4, 0.5) is 5.69 Å². The van der Waals surface area contributed by atoms with Crippen LogP contribution in [-0.2, 0) is 19.4 Å². The zero-order valence-electron chi connectivity index (χ0n) is 16.8. The van der Waals surface area contributed by atoms with Crippen molar-refractivity contribution in [2.45, 2.75) is 50.4 Å². The number of carbonyl (C=O) groups is 3. The predicted molar refractivity (Wildman–Crippen MR) is 110 cm³/mol. The minimum Gasteiger partial charge on any atom is -0.362 e. The summed E-state index contributed by atoms with van der Waals surface area (Å²) in [5.74, 6) is -0.684. The van der Waals surface area contributed by atoms with Gasteiger partial charge in [-0.1, -0.05) is 12.1 Å². The van der Waals surface area contributed by atoms with Crippen LogP contribution in [0.5, 0.6) is 0 Å². The molecular formula is C20H26N4O5S. The van der Waals surface area contributed by atoms with Crippen molar-refractivity contribution in [2.24, 2.45) is 0 Å². The Morgan fingerprint density at radius 1 is 1.23 bits per heavy atom. The van der Waals surface area contributed by atoms with Crippen molar-refractivity contribution < 1.29 is 22.8 Å². The molecule has 0 aromatic heterocycles. The monoisotopic (exact) mass is 434 g/mol. The van der Waals surface area contributed by atoms with E-state index < -0.39 is 27.6 Å². The van der Waals surface area contributed by atoms with Crippen LogP contribution in [0.1, 0.15) is 43.0 Å². The molecule has 9 nitrogen and oxygen atoms in total. The van der Waals surface area contributed by atoms with Crippen LogP contribution in [0, 0.1) is 0 Å². The lowest BCUT2D eigenvalue weighted by molar-refractivity contribution is -0.139. The lowest BCUT2D eigenvalue weighted by Gasteiger charge is -2.40. The summed E-state index contributed by atoms with van der Waals surface area (Å²) in [7, 11) is -3.10. The van der Waals surface area contributed by atoms with Crippen LogP contribution < -0.4 is 16.0 Å². The maximum atomic E-state index is 12.8. The number of rotatable bonds is 3. The fourth-order valence-corrected chi connectivity index (χ4v) is 6.09. The number of nitrogens with zero attached hydrogens (tertiary/aromatic N) is 1. The van der Waals surface area contributed by atoms with E-state index in [0.717, 1.165) is 5.69 Å². The molecule has 162 valence electrons. The second-order valence-corrected chi connectivity index (χ2v) is 10.6. The fourth-order valence-electron chi connectivity index (χ4n) is 4.42. The number of carbonyl (C=O) groups excluding carboxylic acids is 3. The Morgan fingerprint density at radius 3 is 2.73 bits per heavy atom. The fraction of sp³-hybridized carbons (Fsp3) is 0.550. The number of benzene rings is 1. The second kappa shape index (κ2) is 7.57. The Hall–Kier alpha value is -2.62. The lowest BCUT2D eigenvalue weighted by atomic mass is 9.95. The van der Waals surface area contributed by atoms with Crippen LogP contribution in [0.2, 0.25) is 0 Å². The van der Waals surface area contributed by atoms with Crippen molar-refractivity contribution in [3.05, 3.63) is 29.8 Å². The maximum absolute atomic E-state index is 12.8. The molecule has 4 rings (SSSR count). The highest BCUT2D eigenvalue weighted by molar-refractivity contribution is 7.91. The summed E-state index contributed by atoms with van der Waals surface area (Å²) in [6.45, 7) is 1.95. The molecule has 3 aliphatic heterocycles. The molecule has 0 bridgehead atoms. The smallest absolute Gasteiger partial charge is 0.255 e. The van der Waals surface area contributed by atoms with Crippen molar-refractivity contribution in [1.29, 1.82) is 0 Å². The molecule has 2 fully saturated rings. The van der Waals surface area contributed by atoms with Crippen molar-refractivity contribution in [3.8, 4) is 0 Å². The topological polar surface area (TPSA) is 125 Å². The highest BCUT2D eigenvalue weighted by Gasteiger charge is 2.42. The van der Waals surface area contributed by atoms with Crippen molar-refractivity contribution in [2.75, 3.05) is 23.4 Å². The van der Waals surface area contributed by atoms with Gasteiger partial charge in [-0.2, -0.15) is 0 Å². The Bertz CT molecular complexity index is 995. The highest BCUT2D eigenvalue weighted by Crippen LogP contribution is 2.32. The van der Waals surface area contributed by atoms with Gasteiger partial charge >= 0.3 is 0 Å². The zero-order chi connectivity index (χ0) is 21.5. The summed E-state index contributed by atoms with van der Waals surface area (Å²) in [5, 5.41) is 9.16. The molecule has 0 radical (unpaired) electrons. The summed E-state index contributed by atoms with van der Waals surface area (Å²) < 4.78 is 23.2. The molecule has 10 heteroatoms. The Kier molecular flexibility index (Phi) is 5.21. The van der Waals surface area contributed by atoms with Crippen LogP contribution in [0.25, 0.3) is 0 Å². The third-order valence-corrected chi connectivity index (χ3v) is 7.96. The average molecular weight is 435 g/mol. The first-order chi connectivity index (χ1) is 14.2. The van der Waals surface area contributed by atoms with E-state index >= 15 is 0 Å². The first-order valence-corrected chi connectivity index (χ1v) is 12.0. The normalized spacial score (nSPS) is 28.8. The van der Waals surface area contributed by atoms with Crippen LogP contribution in [0.3, 0.4) is 0 Å². The predicted octanol–water partition coefficient (Wildman–Crippen LogP) is 0.243.